The molecule has 2 aliphatic rings. The summed E-state index contributed by atoms with van der Waals surface area (Å²) in [5.74, 6) is 2.15. The Balaban J connectivity index is 1.56. The summed E-state index contributed by atoms with van der Waals surface area (Å²) in [5, 5.41) is 21.8. The number of carbonyl (C=O) groups excluding carboxylic acids is 1. The van der Waals surface area contributed by atoms with Gasteiger partial charge < -0.3 is 20.2 Å². The van der Waals surface area contributed by atoms with Gasteiger partial charge in [0.15, 0.2) is 0 Å². The number of anilines is 1. The van der Waals surface area contributed by atoms with Gasteiger partial charge in [0, 0.05) is 24.8 Å². The zero-order chi connectivity index (χ0) is 21.0. The van der Waals surface area contributed by atoms with E-state index in [1.54, 1.807) is 6.07 Å². The van der Waals surface area contributed by atoms with Crippen LogP contribution in [0.25, 0.3) is 0 Å². The summed E-state index contributed by atoms with van der Waals surface area (Å²) >= 11 is 0. The Kier molecular flexibility index (Phi) is 6.05. The number of carboxylic acid groups (broad SMARTS) is 1. The largest absolute Gasteiger partial charge is 0.478 e. The summed E-state index contributed by atoms with van der Waals surface area (Å²) in [6, 6.07) is 4.47. The van der Waals surface area contributed by atoms with Gasteiger partial charge in [-0.25, -0.2) is 9.78 Å². The van der Waals surface area contributed by atoms with Crippen LogP contribution in [0.5, 0.6) is 0 Å². The molecule has 8 heteroatoms. The van der Waals surface area contributed by atoms with E-state index in [9.17, 15) is 14.9 Å². The zero-order valence-electron chi connectivity index (χ0n) is 16.5. The van der Waals surface area contributed by atoms with Crippen LogP contribution in [-0.4, -0.2) is 64.1 Å². The van der Waals surface area contributed by atoms with Crippen LogP contribution in [0.15, 0.2) is 18.3 Å². The first-order chi connectivity index (χ1) is 13.9. The Hall–Kier alpha value is -3.10. The number of amides is 1. The van der Waals surface area contributed by atoms with Crippen LogP contribution in [0, 0.1) is 23.7 Å². The molecule has 1 aromatic rings. The predicted molar refractivity (Wildman–Crippen MR) is 107 cm³/mol. The number of hydrogen-bond acceptors (Lipinski definition) is 6. The molecule has 2 fully saturated rings. The molecule has 1 amide bonds. The maximum absolute atomic E-state index is 12.7. The first-order valence-corrected chi connectivity index (χ1v) is 9.73. The van der Waals surface area contributed by atoms with Crippen molar-refractivity contribution in [2.45, 2.75) is 50.2 Å². The van der Waals surface area contributed by atoms with Gasteiger partial charge in [-0.1, -0.05) is 5.92 Å². The van der Waals surface area contributed by atoms with E-state index in [4.69, 9.17) is 11.5 Å². The molecule has 0 saturated carbocycles. The molecule has 2 aliphatic heterocycles. The van der Waals surface area contributed by atoms with Crippen molar-refractivity contribution in [1.82, 2.24) is 15.2 Å². The normalized spacial score (nSPS) is 23.3. The lowest BCUT2D eigenvalue weighted by Gasteiger charge is -2.41. The lowest BCUT2D eigenvalue weighted by Crippen LogP contribution is -2.55. The smallest absolute Gasteiger partial charge is 0.335 e. The third kappa shape index (κ3) is 4.49. The lowest BCUT2D eigenvalue weighted by atomic mass is 9.89. The fourth-order valence-corrected chi connectivity index (χ4v) is 3.96. The van der Waals surface area contributed by atoms with Gasteiger partial charge in [0.25, 0.3) is 0 Å². The Bertz CT molecular complexity index is 842. The highest BCUT2D eigenvalue weighted by Gasteiger charge is 2.37. The topological polar surface area (TPSA) is 110 Å². The Morgan fingerprint density at radius 3 is 2.69 bits per heavy atom. The van der Waals surface area contributed by atoms with E-state index in [-0.39, 0.29) is 29.6 Å². The molecule has 1 aromatic heterocycles. The van der Waals surface area contributed by atoms with Crippen molar-refractivity contribution in [3.8, 4) is 18.4 Å². The molecular weight excluding hydrogens is 370 g/mol. The highest BCUT2D eigenvalue weighted by Crippen LogP contribution is 2.27. The zero-order valence-corrected chi connectivity index (χ0v) is 16.5. The molecule has 0 aliphatic carbocycles. The molecule has 8 nitrogen and oxygen atoms in total. The summed E-state index contributed by atoms with van der Waals surface area (Å²) in [7, 11) is 0. The molecule has 2 N–H and O–H groups in total. The van der Waals surface area contributed by atoms with E-state index >= 15 is 0 Å². The fraction of sp³-hybridized carbons (Fsp3) is 0.524. The van der Waals surface area contributed by atoms with E-state index in [0.29, 0.717) is 31.7 Å². The number of aromatic nitrogens is 1. The van der Waals surface area contributed by atoms with Crippen LogP contribution in [0.2, 0.25) is 0 Å². The average molecular weight is 395 g/mol. The summed E-state index contributed by atoms with van der Waals surface area (Å²) in [6.45, 7) is 3.61. The summed E-state index contributed by atoms with van der Waals surface area (Å²) in [4.78, 5) is 31.7. The van der Waals surface area contributed by atoms with Crippen molar-refractivity contribution in [1.29, 1.82) is 5.26 Å². The molecule has 3 rings (SSSR count). The number of aromatic carboxylic acids is 1. The van der Waals surface area contributed by atoms with Crippen molar-refractivity contribution >= 4 is 17.7 Å². The number of rotatable bonds is 5. The molecule has 2 saturated heterocycles. The molecule has 3 heterocycles. The summed E-state index contributed by atoms with van der Waals surface area (Å²) in [6.07, 6.45) is 9.86. The number of carboxylic acids is 1. The van der Waals surface area contributed by atoms with Crippen LogP contribution in [0.3, 0.4) is 0 Å². The standard InChI is InChI=1S/C21H25N5O3/c1-3-16-4-5-17(13-22)26(16)19(27)14-24-21(2)7-10-25(11-8-21)18-12-15(20(28)29)6-9-23-18/h1,6,9,12,16-17,24H,4-5,7-8,10-11,14H2,2H3,(H,28,29)/t16-,17-/m1/s1. The van der Waals surface area contributed by atoms with Gasteiger partial charge in [-0.15, -0.1) is 6.42 Å². The van der Waals surface area contributed by atoms with Crippen LogP contribution in [0.1, 0.15) is 43.0 Å². The number of likely N-dealkylation sites (tertiary alicyclic amines) is 1. The van der Waals surface area contributed by atoms with Gasteiger partial charge in [0.1, 0.15) is 11.9 Å². The number of nitrogens with one attached hydrogen (secondary N) is 1. The molecule has 2 atom stereocenters. The number of carbonyl (C=O) groups is 2. The third-order valence-electron chi connectivity index (χ3n) is 5.86. The quantitative estimate of drug-likeness (QED) is 0.722. The minimum Gasteiger partial charge on any atom is -0.478 e. The molecular formula is C21H25N5O3. The SMILES string of the molecule is C#C[C@@H]1CC[C@H](C#N)N1C(=O)CNC1(C)CCN(c2cc(C(=O)O)ccn2)CC1. The van der Waals surface area contributed by atoms with Gasteiger partial charge in [0.05, 0.1) is 24.2 Å². The van der Waals surface area contributed by atoms with Gasteiger partial charge in [-0.2, -0.15) is 5.26 Å². The third-order valence-corrected chi connectivity index (χ3v) is 5.86. The second-order valence-corrected chi connectivity index (χ2v) is 7.81. The Morgan fingerprint density at radius 2 is 2.07 bits per heavy atom. The van der Waals surface area contributed by atoms with Gasteiger partial charge in [-0.3, -0.25) is 4.79 Å². The minimum absolute atomic E-state index is 0.139. The van der Waals surface area contributed by atoms with Crippen LogP contribution in [-0.2, 0) is 4.79 Å². The van der Waals surface area contributed by atoms with E-state index < -0.39 is 12.0 Å². The van der Waals surface area contributed by atoms with Gasteiger partial charge in [-0.05, 0) is 44.7 Å². The second kappa shape index (κ2) is 8.50. The first kappa shape index (κ1) is 20.6. The molecule has 0 bridgehead atoms. The number of hydrogen-bond donors (Lipinski definition) is 2. The number of terminal acetylenes is 1. The number of nitriles is 1. The van der Waals surface area contributed by atoms with Crippen molar-refractivity contribution in [3.63, 3.8) is 0 Å². The molecule has 0 aromatic carbocycles. The van der Waals surface area contributed by atoms with E-state index in [2.05, 4.69) is 34.1 Å². The minimum atomic E-state index is -0.974. The van der Waals surface area contributed by atoms with Crippen LogP contribution < -0.4 is 10.2 Å². The molecule has 0 unspecified atom stereocenters. The molecule has 152 valence electrons. The van der Waals surface area contributed by atoms with Crippen LogP contribution in [0.4, 0.5) is 5.82 Å². The van der Waals surface area contributed by atoms with E-state index in [1.165, 1.54) is 17.2 Å². The van der Waals surface area contributed by atoms with Gasteiger partial charge >= 0.3 is 5.97 Å². The van der Waals surface area contributed by atoms with Crippen molar-refractivity contribution < 1.29 is 14.7 Å². The molecule has 29 heavy (non-hydrogen) atoms. The monoisotopic (exact) mass is 395 g/mol. The number of pyridine rings is 1. The van der Waals surface area contributed by atoms with Gasteiger partial charge in [0.2, 0.25) is 5.91 Å². The average Bonchev–Trinajstić information content (AvgIpc) is 3.16. The predicted octanol–water partition coefficient (Wildman–Crippen LogP) is 1.24. The second-order valence-electron chi connectivity index (χ2n) is 7.81. The molecule has 0 radical (unpaired) electrons. The summed E-state index contributed by atoms with van der Waals surface area (Å²) in [5.41, 5.74) is -0.0165. The highest BCUT2D eigenvalue weighted by molar-refractivity contribution is 5.88. The highest BCUT2D eigenvalue weighted by atomic mass is 16.4. The van der Waals surface area contributed by atoms with E-state index in [1.807, 2.05) is 0 Å². The maximum atomic E-state index is 12.7. The van der Waals surface area contributed by atoms with Crippen LogP contribution >= 0.6 is 0 Å². The Labute approximate surface area is 170 Å². The number of piperidine rings is 1. The lowest BCUT2D eigenvalue weighted by molar-refractivity contribution is -0.131. The fourth-order valence-electron chi connectivity index (χ4n) is 3.96. The van der Waals surface area contributed by atoms with Crippen molar-refractivity contribution in [2.75, 3.05) is 24.5 Å². The molecule has 0 spiro atoms. The first-order valence-electron chi connectivity index (χ1n) is 9.73. The Morgan fingerprint density at radius 1 is 1.38 bits per heavy atom. The summed E-state index contributed by atoms with van der Waals surface area (Å²) < 4.78 is 0. The van der Waals surface area contributed by atoms with Crippen molar-refractivity contribution in [2.24, 2.45) is 0 Å². The maximum Gasteiger partial charge on any atom is 0.335 e. The number of nitrogens with zero attached hydrogens (tertiary/aromatic N) is 4. The van der Waals surface area contributed by atoms with Crippen molar-refractivity contribution in [3.05, 3.63) is 23.9 Å². The van der Waals surface area contributed by atoms with E-state index in [0.717, 1.165) is 12.8 Å².